The van der Waals surface area contributed by atoms with Crippen molar-refractivity contribution in [2.75, 3.05) is 32.8 Å². The van der Waals surface area contributed by atoms with Crippen LogP contribution in [-0.4, -0.2) is 59.6 Å². The number of morpholine rings is 1. The molecule has 0 saturated carbocycles. The summed E-state index contributed by atoms with van der Waals surface area (Å²) in [6.07, 6.45) is 5.95. The third kappa shape index (κ3) is 6.05. The standard InChI is InChI=1S/C22H33N5O2/c1-3-19(4-2)21(26-10-12-29-13-11-26)16-24-22(28)23-14-18-15-25-27(17-18)20-8-6-5-7-9-20/h5-9,15,17,19,21H,3-4,10-14,16H2,1-2H3,(H2,23,24,28). The maximum absolute atomic E-state index is 12.4. The predicted molar refractivity (Wildman–Crippen MR) is 114 cm³/mol. The Hall–Kier alpha value is -2.38. The Balaban J connectivity index is 1.49. The molecule has 2 amide bonds. The van der Waals surface area contributed by atoms with Gasteiger partial charge >= 0.3 is 6.03 Å². The van der Waals surface area contributed by atoms with E-state index in [1.54, 1.807) is 6.20 Å². The van der Waals surface area contributed by atoms with Gasteiger partial charge in [0.1, 0.15) is 0 Å². The van der Waals surface area contributed by atoms with E-state index in [9.17, 15) is 4.79 Å². The maximum atomic E-state index is 12.4. The maximum Gasteiger partial charge on any atom is 0.315 e. The zero-order valence-corrected chi connectivity index (χ0v) is 17.5. The summed E-state index contributed by atoms with van der Waals surface area (Å²) in [6, 6.07) is 10.1. The van der Waals surface area contributed by atoms with Crippen LogP contribution in [0.15, 0.2) is 42.7 Å². The number of aromatic nitrogens is 2. The van der Waals surface area contributed by atoms with Crippen molar-refractivity contribution in [3.63, 3.8) is 0 Å². The molecule has 1 saturated heterocycles. The number of benzene rings is 1. The summed E-state index contributed by atoms with van der Waals surface area (Å²) in [5.74, 6) is 0.567. The van der Waals surface area contributed by atoms with Gasteiger partial charge in [0.2, 0.25) is 0 Å². The highest BCUT2D eigenvalue weighted by Crippen LogP contribution is 2.19. The molecule has 158 valence electrons. The molecule has 3 rings (SSSR count). The molecule has 29 heavy (non-hydrogen) atoms. The molecule has 2 N–H and O–H groups in total. The Morgan fingerprint density at radius 2 is 1.86 bits per heavy atom. The molecular weight excluding hydrogens is 366 g/mol. The number of amides is 2. The van der Waals surface area contributed by atoms with Crippen molar-refractivity contribution in [3.05, 3.63) is 48.3 Å². The van der Waals surface area contributed by atoms with Gasteiger partial charge in [-0.05, 0) is 18.1 Å². The van der Waals surface area contributed by atoms with Crippen molar-refractivity contribution in [2.24, 2.45) is 5.92 Å². The number of para-hydroxylation sites is 1. The number of nitrogens with one attached hydrogen (secondary N) is 2. The Kier molecular flexibility index (Phi) is 8.07. The van der Waals surface area contributed by atoms with Crippen LogP contribution in [0.1, 0.15) is 32.3 Å². The van der Waals surface area contributed by atoms with Gasteiger partial charge in [-0.3, -0.25) is 4.90 Å². The van der Waals surface area contributed by atoms with Crippen LogP contribution in [0.5, 0.6) is 0 Å². The molecule has 0 bridgehead atoms. The smallest absolute Gasteiger partial charge is 0.315 e. The SMILES string of the molecule is CCC(CC)C(CNC(=O)NCc1cnn(-c2ccccc2)c1)N1CCOCC1. The number of carbonyl (C=O) groups excluding carboxylic acids is 1. The van der Waals surface area contributed by atoms with Gasteiger partial charge in [0.15, 0.2) is 0 Å². The average molecular weight is 400 g/mol. The van der Waals surface area contributed by atoms with E-state index in [1.165, 1.54) is 0 Å². The van der Waals surface area contributed by atoms with Crippen molar-refractivity contribution < 1.29 is 9.53 Å². The molecular formula is C22H33N5O2. The van der Waals surface area contributed by atoms with Crippen molar-refractivity contribution in [2.45, 2.75) is 39.3 Å². The first kappa shape index (κ1) is 21.3. The van der Waals surface area contributed by atoms with Crippen LogP contribution in [-0.2, 0) is 11.3 Å². The summed E-state index contributed by atoms with van der Waals surface area (Å²) < 4.78 is 7.31. The number of urea groups is 1. The van der Waals surface area contributed by atoms with E-state index in [-0.39, 0.29) is 6.03 Å². The Morgan fingerprint density at radius 3 is 2.55 bits per heavy atom. The normalized spacial score (nSPS) is 16.0. The molecule has 1 aromatic carbocycles. The quantitative estimate of drug-likeness (QED) is 0.680. The number of hydrogen-bond donors (Lipinski definition) is 2. The van der Waals surface area contributed by atoms with E-state index in [1.807, 2.05) is 41.2 Å². The molecule has 1 aliphatic heterocycles. The fourth-order valence-electron chi connectivity index (χ4n) is 3.95. The van der Waals surface area contributed by atoms with Gasteiger partial charge in [0.25, 0.3) is 0 Å². The first-order valence-electron chi connectivity index (χ1n) is 10.6. The Morgan fingerprint density at radius 1 is 1.14 bits per heavy atom. The van der Waals surface area contributed by atoms with Crippen LogP contribution in [0.2, 0.25) is 0 Å². The van der Waals surface area contributed by atoms with Crippen LogP contribution in [0.25, 0.3) is 5.69 Å². The van der Waals surface area contributed by atoms with Crippen molar-refractivity contribution in [1.29, 1.82) is 0 Å². The molecule has 1 atom stereocenters. The van der Waals surface area contributed by atoms with Crippen LogP contribution in [0, 0.1) is 5.92 Å². The minimum Gasteiger partial charge on any atom is -0.379 e. The molecule has 2 aromatic rings. The molecule has 2 heterocycles. The van der Waals surface area contributed by atoms with Gasteiger partial charge in [0, 0.05) is 44.0 Å². The summed E-state index contributed by atoms with van der Waals surface area (Å²) in [6.45, 7) is 8.97. The number of nitrogens with zero attached hydrogens (tertiary/aromatic N) is 3. The molecule has 1 fully saturated rings. The van der Waals surface area contributed by atoms with Gasteiger partial charge in [0.05, 0.1) is 25.1 Å². The lowest BCUT2D eigenvalue weighted by Crippen LogP contribution is -2.53. The highest BCUT2D eigenvalue weighted by molar-refractivity contribution is 5.73. The summed E-state index contributed by atoms with van der Waals surface area (Å²) >= 11 is 0. The van der Waals surface area contributed by atoms with Gasteiger partial charge in [-0.1, -0.05) is 44.9 Å². The zero-order valence-electron chi connectivity index (χ0n) is 17.5. The third-order valence-corrected chi connectivity index (χ3v) is 5.69. The number of carbonyl (C=O) groups is 1. The van der Waals surface area contributed by atoms with Gasteiger partial charge in [-0.25, -0.2) is 9.48 Å². The second-order valence-corrected chi connectivity index (χ2v) is 7.48. The second-order valence-electron chi connectivity index (χ2n) is 7.48. The predicted octanol–water partition coefficient (Wildman–Crippen LogP) is 2.81. The van der Waals surface area contributed by atoms with Crippen LogP contribution in [0.4, 0.5) is 4.79 Å². The van der Waals surface area contributed by atoms with Crippen LogP contribution >= 0.6 is 0 Å². The first-order chi connectivity index (χ1) is 14.2. The number of rotatable bonds is 9. The molecule has 7 heteroatoms. The Labute approximate surface area is 173 Å². The Bertz CT molecular complexity index is 739. The summed E-state index contributed by atoms with van der Waals surface area (Å²) in [7, 11) is 0. The summed E-state index contributed by atoms with van der Waals surface area (Å²) in [5, 5.41) is 10.4. The molecule has 7 nitrogen and oxygen atoms in total. The lowest BCUT2D eigenvalue weighted by molar-refractivity contribution is 0.00237. The van der Waals surface area contributed by atoms with E-state index < -0.39 is 0 Å². The molecule has 1 unspecified atom stereocenters. The average Bonchev–Trinajstić information content (AvgIpc) is 3.25. The van der Waals surface area contributed by atoms with E-state index in [2.05, 4.69) is 34.5 Å². The number of ether oxygens (including phenoxy) is 1. The molecule has 1 aromatic heterocycles. The van der Waals surface area contributed by atoms with Crippen LogP contribution in [0.3, 0.4) is 0 Å². The fourth-order valence-corrected chi connectivity index (χ4v) is 3.95. The van der Waals surface area contributed by atoms with E-state index in [0.29, 0.717) is 25.0 Å². The molecule has 0 aliphatic carbocycles. The van der Waals surface area contributed by atoms with Crippen molar-refractivity contribution in [1.82, 2.24) is 25.3 Å². The van der Waals surface area contributed by atoms with E-state index >= 15 is 0 Å². The lowest BCUT2D eigenvalue weighted by Gasteiger charge is -2.38. The highest BCUT2D eigenvalue weighted by atomic mass is 16.5. The molecule has 1 aliphatic rings. The summed E-state index contributed by atoms with van der Waals surface area (Å²) in [5.41, 5.74) is 1.97. The zero-order chi connectivity index (χ0) is 20.5. The van der Waals surface area contributed by atoms with Gasteiger partial charge < -0.3 is 15.4 Å². The lowest BCUT2D eigenvalue weighted by atomic mass is 9.92. The second kappa shape index (κ2) is 11.0. The first-order valence-corrected chi connectivity index (χ1v) is 10.6. The van der Waals surface area contributed by atoms with Crippen molar-refractivity contribution in [3.8, 4) is 5.69 Å². The van der Waals surface area contributed by atoms with E-state index in [0.717, 1.165) is 50.4 Å². The minimum absolute atomic E-state index is 0.137. The van der Waals surface area contributed by atoms with Crippen molar-refractivity contribution >= 4 is 6.03 Å². The topological polar surface area (TPSA) is 71.4 Å². The fraction of sp³-hybridized carbons (Fsp3) is 0.545. The minimum atomic E-state index is -0.137. The van der Waals surface area contributed by atoms with Gasteiger partial charge in [-0.15, -0.1) is 0 Å². The molecule has 0 spiro atoms. The summed E-state index contributed by atoms with van der Waals surface area (Å²) in [4.78, 5) is 14.9. The third-order valence-electron chi connectivity index (χ3n) is 5.69. The monoisotopic (exact) mass is 399 g/mol. The molecule has 0 radical (unpaired) electrons. The number of hydrogen-bond acceptors (Lipinski definition) is 4. The highest BCUT2D eigenvalue weighted by Gasteiger charge is 2.27. The largest absolute Gasteiger partial charge is 0.379 e. The van der Waals surface area contributed by atoms with Gasteiger partial charge in [-0.2, -0.15) is 5.10 Å². The van der Waals surface area contributed by atoms with E-state index in [4.69, 9.17) is 4.74 Å². The van der Waals surface area contributed by atoms with Crippen LogP contribution < -0.4 is 10.6 Å².